The van der Waals surface area contributed by atoms with Crippen LogP contribution in [0.25, 0.3) is 10.9 Å². The molecule has 0 unspecified atom stereocenters. The van der Waals surface area contributed by atoms with E-state index >= 15 is 0 Å². The average molecular weight is 351 g/mol. The molecule has 1 aromatic heterocycles. The lowest BCUT2D eigenvalue weighted by Crippen LogP contribution is -2.24. The topological polar surface area (TPSA) is 67.9 Å². The van der Waals surface area contributed by atoms with Crippen molar-refractivity contribution in [3.63, 3.8) is 0 Å². The van der Waals surface area contributed by atoms with Crippen LogP contribution in [-0.4, -0.2) is 22.4 Å². The lowest BCUT2D eigenvalue weighted by molar-refractivity contribution is 0.414. The van der Waals surface area contributed by atoms with Gasteiger partial charge >= 0.3 is 0 Å². The quantitative estimate of drug-likeness (QED) is 0.386. The number of fused-ring (bicyclic) bond motifs is 1. The smallest absolute Gasteiger partial charge is 0.262 e. The Morgan fingerprint density at radius 1 is 1.20 bits per heavy atom. The Hall–Kier alpha value is -2.78. The summed E-state index contributed by atoms with van der Waals surface area (Å²) in [6.45, 7) is 0.426. The molecule has 0 aliphatic rings. The molecule has 0 aliphatic carbocycles. The number of rotatable bonds is 6. The van der Waals surface area contributed by atoms with Gasteiger partial charge in [-0.15, -0.1) is 0 Å². The Bertz CT molecular complexity index is 975. The zero-order valence-corrected chi connectivity index (χ0v) is 14.6. The summed E-state index contributed by atoms with van der Waals surface area (Å²) in [6, 6.07) is 17.1. The van der Waals surface area contributed by atoms with Crippen LogP contribution in [0.4, 0.5) is 0 Å². The van der Waals surface area contributed by atoms with Crippen molar-refractivity contribution in [2.75, 3.05) is 12.9 Å². The first-order valence-electron chi connectivity index (χ1n) is 7.85. The predicted octanol–water partition coefficient (Wildman–Crippen LogP) is 3.46. The molecule has 5 nitrogen and oxygen atoms in total. The molecule has 0 N–H and O–H groups in total. The molecular weight excluding hydrogens is 334 g/mol. The summed E-state index contributed by atoms with van der Waals surface area (Å²) in [5.74, 6) is 1.38. The van der Waals surface area contributed by atoms with Gasteiger partial charge in [0.2, 0.25) is 0 Å². The molecule has 0 radical (unpaired) electrons. The van der Waals surface area contributed by atoms with Crippen LogP contribution in [-0.2, 0) is 6.54 Å². The number of thioether (sulfide) groups is 1. The van der Waals surface area contributed by atoms with Gasteiger partial charge in [-0.25, -0.2) is 4.98 Å². The predicted molar refractivity (Wildman–Crippen MR) is 99.1 cm³/mol. The molecule has 0 saturated heterocycles. The van der Waals surface area contributed by atoms with Crippen LogP contribution >= 0.6 is 11.8 Å². The molecule has 6 heteroatoms. The monoisotopic (exact) mass is 351 g/mol. The maximum atomic E-state index is 12.9. The van der Waals surface area contributed by atoms with E-state index in [1.54, 1.807) is 17.7 Å². The van der Waals surface area contributed by atoms with Crippen molar-refractivity contribution in [1.29, 1.82) is 5.26 Å². The minimum atomic E-state index is -0.0686. The minimum Gasteiger partial charge on any atom is -0.497 e. The average Bonchev–Trinajstić information content (AvgIpc) is 2.65. The Labute approximate surface area is 149 Å². The van der Waals surface area contributed by atoms with Crippen molar-refractivity contribution in [2.45, 2.75) is 18.1 Å². The van der Waals surface area contributed by atoms with Gasteiger partial charge in [-0.1, -0.05) is 36.0 Å². The third-order valence-electron chi connectivity index (χ3n) is 3.77. The fourth-order valence-electron chi connectivity index (χ4n) is 2.50. The first-order chi connectivity index (χ1) is 12.2. The summed E-state index contributed by atoms with van der Waals surface area (Å²) in [5, 5.41) is 9.99. The molecule has 0 fully saturated rings. The Kier molecular flexibility index (Phi) is 5.36. The largest absolute Gasteiger partial charge is 0.497 e. The number of hydrogen-bond donors (Lipinski definition) is 0. The van der Waals surface area contributed by atoms with Gasteiger partial charge in [0.05, 0.1) is 30.6 Å². The van der Waals surface area contributed by atoms with E-state index in [1.165, 1.54) is 11.8 Å². The lowest BCUT2D eigenvalue weighted by atomic mass is 10.2. The molecular formula is C19H17N3O2S. The SMILES string of the molecule is COc1ccc(Cn2c(SCCC#N)nc3ccccc3c2=O)cc1. The molecule has 0 amide bonds. The second kappa shape index (κ2) is 7.86. The molecule has 0 saturated carbocycles. The second-order valence-corrected chi connectivity index (χ2v) is 6.47. The highest BCUT2D eigenvalue weighted by Crippen LogP contribution is 2.20. The molecule has 0 aliphatic heterocycles. The van der Waals surface area contributed by atoms with Gasteiger partial charge in [0.25, 0.3) is 5.56 Å². The molecule has 1 heterocycles. The fourth-order valence-corrected chi connectivity index (χ4v) is 3.34. The van der Waals surface area contributed by atoms with Crippen LogP contribution in [0, 0.1) is 11.3 Å². The highest BCUT2D eigenvalue weighted by atomic mass is 32.2. The Morgan fingerprint density at radius 2 is 1.96 bits per heavy atom. The number of para-hydroxylation sites is 1. The van der Waals surface area contributed by atoms with Crippen molar-refractivity contribution in [3.05, 3.63) is 64.4 Å². The first kappa shape index (κ1) is 17.1. The highest BCUT2D eigenvalue weighted by molar-refractivity contribution is 7.99. The van der Waals surface area contributed by atoms with Crippen molar-refractivity contribution in [3.8, 4) is 11.8 Å². The van der Waals surface area contributed by atoms with Crippen LogP contribution in [0.3, 0.4) is 0 Å². The van der Waals surface area contributed by atoms with Gasteiger partial charge in [0, 0.05) is 12.2 Å². The van der Waals surface area contributed by atoms with Gasteiger partial charge in [0.1, 0.15) is 5.75 Å². The third-order valence-corrected chi connectivity index (χ3v) is 4.75. The molecule has 0 bridgehead atoms. The van der Waals surface area contributed by atoms with Gasteiger partial charge in [-0.2, -0.15) is 5.26 Å². The van der Waals surface area contributed by atoms with Crippen molar-refractivity contribution in [1.82, 2.24) is 9.55 Å². The minimum absolute atomic E-state index is 0.0686. The van der Waals surface area contributed by atoms with E-state index in [0.29, 0.717) is 34.8 Å². The van der Waals surface area contributed by atoms with Gasteiger partial charge in [-0.05, 0) is 29.8 Å². The van der Waals surface area contributed by atoms with E-state index in [9.17, 15) is 4.79 Å². The standard InChI is InChI=1S/C19H17N3O2S/c1-24-15-9-7-14(8-10-15)13-22-18(23)16-5-2-3-6-17(16)21-19(22)25-12-4-11-20/h2-3,5-10H,4,12-13H2,1H3. The van der Waals surface area contributed by atoms with Crippen LogP contribution in [0.5, 0.6) is 5.75 Å². The van der Waals surface area contributed by atoms with E-state index in [4.69, 9.17) is 10.00 Å². The van der Waals surface area contributed by atoms with E-state index in [2.05, 4.69) is 11.1 Å². The molecule has 25 heavy (non-hydrogen) atoms. The molecule has 3 aromatic rings. The number of hydrogen-bond acceptors (Lipinski definition) is 5. The number of ether oxygens (including phenoxy) is 1. The maximum absolute atomic E-state index is 12.9. The van der Waals surface area contributed by atoms with Gasteiger partial charge in [0.15, 0.2) is 5.16 Å². The number of methoxy groups -OCH3 is 1. The molecule has 2 aromatic carbocycles. The van der Waals surface area contributed by atoms with Crippen LogP contribution in [0.2, 0.25) is 0 Å². The summed E-state index contributed by atoms with van der Waals surface area (Å²) < 4.78 is 6.85. The Balaban J connectivity index is 2.03. The van der Waals surface area contributed by atoms with E-state index in [-0.39, 0.29) is 5.56 Å². The normalized spacial score (nSPS) is 10.6. The second-order valence-electron chi connectivity index (χ2n) is 5.41. The summed E-state index contributed by atoms with van der Waals surface area (Å²) in [4.78, 5) is 17.6. The lowest BCUT2D eigenvalue weighted by Gasteiger charge is -2.13. The van der Waals surface area contributed by atoms with Crippen molar-refractivity contribution in [2.24, 2.45) is 0 Å². The number of nitrogens with zero attached hydrogens (tertiary/aromatic N) is 3. The number of benzene rings is 2. The van der Waals surface area contributed by atoms with Gasteiger partial charge < -0.3 is 4.74 Å². The number of nitriles is 1. The van der Waals surface area contributed by atoms with Crippen LogP contribution < -0.4 is 10.3 Å². The molecule has 0 atom stereocenters. The zero-order chi connectivity index (χ0) is 17.6. The van der Waals surface area contributed by atoms with Crippen LogP contribution in [0.15, 0.2) is 58.5 Å². The molecule has 0 spiro atoms. The summed E-state index contributed by atoms with van der Waals surface area (Å²) in [7, 11) is 1.62. The fraction of sp³-hybridized carbons (Fsp3) is 0.211. The maximum Gasteiger partial charge on any atom is 0.262 e. The van der Waals surface area contributed by atoms with Crippen molar-refractivity contribution >= 4 is 22.7 Å². The Morgan fingerprint density at radius 3 is 2.68 bits per heavy atom. The van der Waals surface area contributed by atoms with E-state index < -0.39 is 0 Å². The summed E-state index contributed by atoms with van der Waals surface area (Å²) in [5.41, 5.74) is 1.60. The van der Waals surface area contributed by atoms with Gasteiger partial charge in [-0.3, -0.25) is 9.36 Å². The van der Waals surface area contributed by atoms with Crippen LogP contribution in [0.1, 0.15) is 12.0 Å². The molecule has 126 valence electrons. The number of aromatic nitrogens is 2. The zero-order valence-electron chi connectivity index (χ0n) is 13.8. The van der Waals surface area contributed by atoms with E-state index in [0.717, 1.165) is 11.3 Å². The van der Waals surface area contributed by atoms with Crippen molar-refractivity contribution < 1.29 is 4.74 Å². The summed E-state index contributed by atoms with van der Waals surface area (Å²) in [6.07, 6.45) is 0.413. The highest BCUT2D eigenvalue weighted by Gasteiger charge is 2.12. The third kappa shape index (κ3) is 3.83. The first-order valence-corrected chi connectivity index (χ1v) is 8.83. The van der Waals surface area contributed by atoms with E-state index in [1.807, 2.05) is 42.5 Å². The molecule has 3 rings (SSSR count). The summed E-state index contributed by atoms with van der Waals surface area (Å²) >= 11 is 1.43.